The Bertz CT molecular complexity index is 549. The SMILES string of the molecule is CCCNc1cc(CN(Cc2ccsc2)C2CC2)ccn1. The normalized spacial score (nSPS) is 14.6. The molecule has 2 heterocycles. The van der Waals surface area contributed by atoms with Gasteiger partial charge in [0.1, 0.15) is 5.82 Å². The summed E-state index contributed by atoms with van der Waals surface area (Å²) in [4.78, 5) is 6.99. The quantitative estimate of drug-likeness (QED) is 0.794. The zero-order valence-electron chi connectivity index (χ0n) is 12.6. The van der Waals surface area contributed by atoms with Crippen molar-refractivity contribution in [1.82, 2.24) is 9.88 Å². The van der Waals surface area contributed by atoms with E-state index >= 15 is 0 Å². The first-order valence-corrected chi connectivity index (χ1v) is 8.73. The van der Waals surface area contributed by atoms with Gasteiger partial charge in [0.2, 0.25) is 0 Å². The average Bonchev–Trinajstić information content (AvgIpc) is 3.23. The molecule has 2 aromatic heterocycles. The molecule has 0 amide bonds. The van der Waals surface area contributed by atoms with Gasteiger partial charge in [-0.2, -0.15) is 11.3 Å². The lowest BCUT2D eigenvalue weighted by atomic mass is 10.2. The summed E-state index contributed by atoms with van der Waals surface area (Å²) in [5.74, 6) is 1.00. The van der Waals surface area contributed by atoms with Crippen molar-refractivity contribution in [2.75, 3.05) is 11.9 Å². The number of rotatable bonds is 8. The van der Waals surface area contributed by atoms with Gasteiger partial charge in [0.05, 0.1) is 0 Å². The molecule has 1 aliphatic rings. The van der Waals surface area contributed by atoms with Crippen LogP contribution in [0.4, 0.5) is 5.82 Å². The molecule has 1 aliphatic carbocycles. The molecule has 0 unspecified atom stereocenters. The van der Waals surface area contributed by atoms with Crippen molar-refractivity contribution in [3.05, 3.63) is 46.3 Å². The number of anilines is 1. The molecular weight excluding hydrogens is 278 g/mol. The molecule has 2 aromatic rings. The standard InChI is InChI=1S/C17H23N3S/c1-2-7-18-17-10-14(5-8-19-17)11-20(16-3-4-16)12-15-6-9-21-13-15/h5-6,8-10,13,16H,2-4,7,11-12H2,1H3,(H,18,19). The summed E-state index contributed by atoms with van der Waals surface area (Å²) < 4.78 is 0. The summed E-state index contributed by atoms with van der Waals surface area (Å²) in [6.45, 7) is 5.24. The lowest BCUT2D eigenvalue weighted by Crippen LogP contribution is -2.24. The monoisotopic (exact) mass is 301 g/mol. The molecule has 3 nitrogen and oxygen atoms in total. The molecule has 1 fully saturated rings. The van der Waals surface area contributed by atoms with Gasteiger partial charge >= 0.3 is 0 Å². The Balaban J connectivity index is 1.65. The van der Waals surface area contributed by atoms with Crippen LogP contribution in [-0.4, -0.2) is 22.5 Å². The van der Waals surface area contributed by atoms with E-state index in [0.29, 0.717) is 0 Å². The molecule has 0 saturated heterocycles. The summed E-state index contributed by atoms with van der Waals surface area (Å²) in [7, 11) is 0. The second-order valence-electron chi connectivity index (χ2n) is 5.74. The minimum absolute atomic E-state index is 0.769. The maximum absolute atomic E-state index is 4.39. The molecule has 0 radical (unpaired) electrons. The van der Waals surface area contributed by atoms with Crippen molar-refractivity contribution in [3.8, 4) is 0 Å². The fraction of sp³-hybridized carbons (Fsp3) is 0.471. The van der Waals surface area contributed by atoms with Crippen molar-refractivity contribution in [2.24, 2.45) is 0 Å². The van der Waals surface area contributed by atoms with Crippen LogP contribution in [0.1, 0.15) is 37.3 Å². The second kappa shape index (κ2) is 7.05. The van der Waals surface area contributed by atoms with E-state index < -0.39 is 0 Å². The fourth-order valence-electron chi connectivity index (χ4n) is 2.53. The van der Waals surface area contributed by atoms with Crippen LogP contribution in [0.25, 0.3) is 0 Å². The fourth-order valence-corrected chi connectivity index (χ4v) is 3.19. The summed E-state index contributed by atoms with van der Waals surface area (Å²) in [5.41, 5.74) is 2.79. The molecule has 21 heavy (non-hydrogen) atoms. The first-order chi connectivity index (χ1) is 10.3. The molecule has 0 spiro atoms. The van der Waals surface area contributed by atoms with E-state index in [9.17, 15) is 0 Å². The number of thiophene rings is 1. The van der Waals surface area contributed by atoms with E-state index in [2.05, 4.69) is 51.1 Å². The molecule has 112 valence electrons. The summed E-state index contributed by atoms with van der Waals surface area (Å²) in [5, 5.41) is 7.80. The minimum Gasteiger partial charge on any atom is -0.370 e. The average molecular weight is 301 g/mol. The van der Waals surface area contributed by atoms with E-state index in [0.717, 1.165) is 37.9 Å². The number of nitrogens with one attached hydrogen (secondary N) is 1. The van der Waals surface area contributed by atoms with Crippen molar-refractivity contribution < 1.29 is 0 Å². The number of aromatic nitrogens is 1. The maximum Gasteiger partial charge on any atom is 0.126 e. The predicted molar refractivity (Wildman–Crippen MR) is 89.6 cm³/mol. The molecule has 0 bridgehead atoms. The van der Waals surface area contributed by atoms with E-state index in [1.165, 1.54) is 24.0 Å². The van der Waals surface area contributed by atoms with Crippen LogP contribution in [0.5, 0.6) is 0 Å². The number of hydrogen-bond donors (Lipinski definition) is 1. The highest BCUT2D eigenvalue weighted by molar-refractivity contribution is 7.07. The van der Waals surface area contributed by atoms with E-state index in [1.54, 1.807) is 11.3 Å². The van der Waals surface area contributed by atoms with E-state index in [1.807, 2.05) is 6.20 Å². The van der Waals surface area contributed by atoms with Crippen LogP contribution in [0.2, 0.25) is 0 Å². The Labute approximate surface area is 131 Å². The zero-order valence-corrected chi connectivity index (χ0v) is 13.4. The molecule has 0 atom stereocenters. The Morgan fingerprint density at radius 2 is 2.14 bits per heavy atom. The van der Waals surface area contributed by atoms with Crippen molar-refractivity contribution in [3.63, 3.8) is 0 Å². The zero-order chi connectivity index (χ0) is 14.5. The highest BCUT2D eigenvalue weighted by Gasteiger charge is 2.29. The van der Waals surface area contributed by atoms with Crippen molar-refractivity contribution >= 4 is 17.2 Å². The Kier molecular flexibility index (Phi) is 4.88. The van der Waals surface area contributed by atoms with E-state index in [4.69, 9.17) is 0 Å². The van der Waals surface area contributed by atoms with Gasteiger partial charge in [0, 0.05) is 31.9 Å². The van der Waals surface area contributed by atoms with Crippen LogP contribution < -0.4 is 5.32 Å². The molecule has 1 N–H and O–H groups in total. The largest absolute Gasteiger partial charge is 0.370 e. The number of nitrogens with zero attached hydrogens (tertiary/aromatic N) is 2. The number of pyridine rings is 1. The second-order valence-corrected chi connectivity index (χ2v) is 6.52. The molecule has 1 saturated carbocycles. The Morgan fingerprint density at radius 1 is 1.29 bits per heavy atom. The van der Waals surface area contributed by atoms with Crippen molar-refractivity contribution in [1.29, 1.82) is 0 Å². The highest BCUT2D eigenvalue weighted by Crippen LogP contribution is 2.30. The van der Waals surface area contributed by atoms with Gasteiger partial charge in [-0.3, -0.25) is 4.90 Å². The van der Waals surface area contributed by atoms with Crippen LogP contribution in [0.15, 0.2) is 35.2 Å². The van der Waals surface area contributed by atoms with Gasteiger partial charge in [0.25, 0.3) is 0 Å². The lowest BCUT2D eigenvalue weighted by molar-refractivity contribution is 0.246. The van der Waals surface area contributed by atoms with Crippen LogP contribution in [0, 0.1) is 0 Å². The number of hydrogen-bond acceptors (Lipinski definition) is 4. The smallest absolute Gasteiger partial charge is 0.126 e. The van der Waals surface area contributed by atoms with Gasteiger partial charge in [-0.25, -0.2) is 4.98 Å². The topological polar surface area (TPSA) is 28.2 Å². The van der Waals surface area contributed by atoms with Crippen molar-refractivity contribution in [2.45, 2.75) is 45.3 Å². The molecule has 4 heteroatoms. The molecule has 3 rings (SSSR count). The summed E-state index contributed by atoms with van der Waals surface area (Å²) in [6, 6.07) is 7.34. The molecule has 0 aromatic carbocycles. The van der Waals surface area contributed by atoms with Gasteiger partial charge in [0.15, 0.2) is 0 Å². The molecule has 0 aliphatic heterocycles. The van der Waals surface area contributed by atoms with Crippen LogP contribution in [0.3, 0.4) is 0 Å². The van der Waals surface area contributed by atoms with Crippen LogP contribution >= 0.6 is 11.3 Å². The summed E-state index contributed by atoms with van der Waals surface area (Å²) >= 11 is 1.78. The highest BCUT2D eigenvalue weighted by atomic mass is 32.1. The van der Waals surface area contributed by atoms with Gasteiger partial charge < -0.3 is 5.32 Å². The Hall–Kier alpha value is -1.39. The third-order valence-corrected chi connectivity index (χ3v) is 4.53. The van der Waals surface area contributed by atoms with Gasteiger partial charge in [-0.15, -0.1) is 0 Å². The Morgan fingerprint density at radius 3 is 2.86 bits per heavy atom. The third kappa shape index (κ3) is 4.29. The van der Waals surface area contributed by atoms with Gasteiger partial charge in [-0.05, 0) is 59.3 Å². The first-order valence-electron chi connectivity index (χ1n) is 7.79. The first kappa shape index (κ1) is 14.5. The van der Waals surface area contributed by atoms with Gasteiger partial charge in [-0.1, -0.05) is 6.92 Å². The van der Waals surface area contributed by atoms with E-state index in [-0.39, 0.29) is 0 Å². The molecular formula is C17H23N3S. The lowest BCUT2D eigenvalue weighted by Gasteiger charge is -2.21. The predicted octanol–water partition coefficient (Wildman–Crippen LogP) is 4.13. The third-order valence-electron chi connectivity index (χ3n) is 3.80. The summed E-state index contributed by atoms with van der Waals surface area (Å²) in [6.07, 6.45) is 5.73. The maximum atomic E-state index is 4.39. The van der Waals surface area contributed by atoms with Crippen LogP contribution in [-0.2, 0) is 13.1 Å². The minimum atomic E-state index is 0.769.